The molecule has 0 spiro atoms. The Hall–Kier alpha value is -1.80. The van der Waals surface area contributed by atoms with Gasteiger partial charge in [-0.25, -0.2) is 15.0 Å². The number of aryl methyl sites for hydroxylation is 1. The number of anilines is 1. The topological polar surface area (TPSA) is 59.9 Å². The third-order valence-electron chi connectivity index (χ3n) is 3.59. The first kappa shape index (κ1) is 20.5. The summed E-state index contributed by atoms with van der Waals surface area (Å²) in [5, 5.41) is 3.36. The minimum atomic E-state index is -4.51. The molecule has 2 heterocycles. The van der Waals surface area contributed by atoms with Gasteiger partial charge in [-0.15, -0.1) is 0 Å². The number of hydrogen-bond acceptors (Lipinski definition) is 5. The van der Waals surface area contributed by atoms with Crippen molar-refractivity contribution in [1.29, 1.82) is 0 Å². The second-order valence-corrected chi connectivity index (χ2v) is 6.19. The van der Waals surface area contributed by atoms with Crippen LogP contribution in [-0.4, -0.2) is 27.6 Å². The standard InChI is InChI=1S/C16H17Cl2F3N4O/c1-3-10(25-14-13(18)12(4-2)23-8-24-14)7-26-15-11(17)5-9(6-22-15)16(19,20)21/h5-6,8,10H,3-4,7H2,1-2H3,(H,23,24,25)/t10-/m0/s1. The molecular weight excluding hydrogens is 392 g/mol. The number of ether oxygens (including phenoxy) is 1. The van der Waals surface area contributed by atoms with Crippen molar-refractivity contribution < 1.29 is 17.9 Å². The smallest absolute Gasteiger partial charge is 0.417 e. The van der Waals surface area contributed by atoms with Crippen molar-refractivity contribution in [2.24, 2.45) is 0 Å². The van der Waals surface area contributed by atoms with Gasteiger partial charge in [-0.1, -0.05) is 37.0 Å². The molecule has 0 radical (unpaired) electrons. The quantitative estimate of drug-likeness (QED) is 0.695. The summed E-state index contributed by atoms with van der Waals surface area (Å²) in [7, 11) is 0. The van der Waals surface area contributed by atoms with Gasteiger partial charge in [0.15, 0.2) is 0 Å². The number of nitrogens with one attached hydrogen (secondary N) is 1. The molecule has 1 atom stereocenters. The van der Waals surface area contributed by atoms with Crippen LogP contribution in [0.1, 0.15) is 31.5 Å². The molecule has 0 aliphatic heterocycles. The van der Waals surface area contributed by atoms with E-state index in [1.54, 1.807) is 0 Å². The molecule has 2 rings (SSSR count). The molecule has 26 heavy (non-hydrogen) atoms. The molecule has 0 saturated carbocycles. The van der Waals surface area contributed by atoms with Crippen LogP contribution in [0.4, 0.5) is 19.0 Å². The lowest BCUT2D eigenvalue weighted by molar-refractivity contribution is -0.137. The summed E-state index contributed by atoms with van der Waals surface area (Å²) in [6.07, 6.45) is -1.10. The SMILES string of the molecule is CCc1ncnc(N[C@@H](CC)COc2ncc(C(F)(F)F)cc2Cl)c1Cl. The monoisotopic (exact) mass is 408 g/mol. The summed E-state index contributed by atoms with van der Waals surface area (Å²) in [6.45, 7) is 3.96. The molecule has 0 aliphatic carbocycles. The molecule has 10 heteroatoms. The zero-order valence-electron chi connectivity index (χ0n) is 14.1. The summed E-state index contributed by atoms with van der Waals surface area (Å²) in [6, 6.07) is 0.583. The molecule has 0 aliphatic rings. The lowest BCUT2D eigenvalue weighted by Gasteiger charge is -2.19. The number of alkyl halides is 3. The second kappa shape index (κ2) is 8.73. The average Bonchev–Trinajstić information content (AvgIpc) is 2.60. The normalized spacial score (nSPS) is 12.7. The molecule has 0 fully saturated rings. The summed E-state index contributed by atoms with van der Waals surface area (Å²) in [5.41, 5.74) is -0.215. The van der Waals surface area contributed by atoms with Gasteiger partial charge in [0, 0.05) is 6.20 Å². The third kappa shape index (κ3) is 5.11. The zero-order valence-corrected chi connectivity index (χ0v) is 15.6. The molecule has 0 aromatic carbocycles. The van der Waals surface area contributed by atoms with Gasteiger partial charge in [0.1, 0.15) is 28.8 Å². The van der Waals surface area contributed by atoms with Gasteiger partial charge in [-0.2, -0.15) is 13.2 Å². The summed E-state index contributed by atoms with van der Waals surface area (Å²) >= 11 is 12.1. The number of halogens is 5. The van der Waals surface area contributed by atoms with Crippen molar-refractivity contribution in [3.05, 3.63) is 39.9 Å². The van der Waals surface area contributed by atoms with E-state index in [9.17, 15) is 13.2 Å². The average molecular weight is 409 g/mol. The highest BCUT2D eigenvalue weighted by Crippen LogP contribution is 2.33. The van der Waals surface area contributed by atoms with Crippen LogP contribution in [0, 0.1) is 0 Å². The zero-order chi connectivity index (χ0) is 19.3. The third-order valence-corrected chi connectivity index (χ3v) is 4.25. The van der Waals surface area contributed by atoms with Crippen LogP contribution in [0.5, 0.6) is 5.88 Å². The Kier molecular flexibility index (Phi) is 6.88. The molecule has 1 N–H and O–H groups in total. The van der Waals surface area contributed by atoms with E-state index < -0.39 is 11.7 Å². The van der Waals surface area contributed by atoms with E-state index in [4.69, 9.17) is 27.9 Å². The molecule has 142 valence electrons. The molecule has 0 unspecified atom stereocenters. The van der Waals surface area contributed by atoms with Gasteiger partial charge in [0.25, 0.3) is 0 Å². The molecule has 0 saturated heterocycles. The number of aromatic nitrogens is 3. The van der Waals surface area contributed by atoms with Gasteiger partial charge >= 0.3 is 6.18 Å². The Morgan fingerprint density at radius 2 is 1.92 bits per heavy atom. The second-order valence-electron chi connectivity index (χ2n) is 5.41. The van der Waals surface area contributed by atoms with Gasteiger partial charge < -0.3 is 10.1 Å². The van der Waals surface area contributed by atoms with Crippen molar-refractivity contribution in [2.45, 2.75) is 38.9 Å². The van der Waals surface area contributed by atoms with Gasteiger partial charge in [-0.3, -0.25) is 0 Å². The van der Waals surface area contributed by atoms with Crippen molar-refractivity contribution in [2.75, 3.05) is 11.9 Å². The first-order valence-corrected chi connectivity index (χ1v) is 8.63. The molecule has 5 nitrogen and oxygen atoms in total. The van der Waals surface area contributed by atoms with Crippen LogP contribution in [0.15, 0.2) is 18.6 Å². The fraction of sp³-hybridized carbons (Fsp3) is 0.438. The lowest BCUT2D eigenvalue weighted by atomic mass is 10.2. The van der Waals surface area contributed by atoms with Crippen LogP contribution in [0.2, 0.25) is 10.0 Å². The van der Waals surface area contributed by atoms with Crippen LogP contribution >= 0.6 is 23.2 Å². The van der Waals surface area contributed by atoms with Crippen molar-refractivity contribution in [1.82, 2.24) is 15.0 Å². The molecule has 0 bridgehead atoms. The molecular formula is C16H17Cl2F3N4O. The predicted molar refractivity (Wildman–Crippen MR) is 93.9 cm³/mol. The predicted octanol–water partition coefficient (Wildman–Crippen LogP) is 5.03. The Morgan fingerprint density at radius 3 is 2.50 bits per heavy atom. The summed E-state index contributed by atoms with van der Waals surface area (Å²) < 4.78 is 43.4. The van der Waals surface area contributed by atoms with Crippen LogP contribution in [0.25, 0.3) is 0 Å². The summed E-state index contributed by atoms with van der Waals surface area (Å²) in [5.74, 6) is 0.406. The fourth-order valence-electron chi connectivity index (χ4n) is 2.07. The molecule has 2 aromatic heterocycles. The van der Waals surface area contributed by atoms with Gasteiger partial charge in [0.2, 0.25) is 5.88 Å². The minimum Gasteiger partial charge on any atom is -0.474 e. The highest BCUT2D eigenvalue weighted by molar-refractivity contribution is 6.33. The fourth-order valence-corrected chi connectivity index (χ4v) is 2.58. The molecule has 0 amide bonds. The van der Waals surface area contributed by atoms with Crippen molar-refractivity contribution >= 4 is 29.0 Å². The molecule has 2 aromatic rings. The van der Waals surface area contributed by atoms with E-state index >= 15 is 0 Å². The van der Waals surface area contributed by atoms with E-state index in [-0.39, 0.29) is 23.6 Å². The first-order chi connectivity index (χ1) is 12.3. The van der Waals surface area contributed by atoms with Crippen LogP contribution < -0.4 is 10.1 Å². The Morgan fingerprint density at radius 1 is 1.19 bits per heavy atom. The largest absolute Gasteiger partial charge is 0.474 e. The van der Waals surface area contributed by atoms with E-state index in [1.807, 2.05) is 13.8 Å². The van der Waals surface area contributed by atoms with Gasteiger partial charge in [-0.05, 0) is 18.9 Å². The maximum Gasteiger partial charge on any atom is 0.417 e. The van der Waals surface area contributed by atoms with E-state index in [0.717, 1.165) is 6.07 Å². The maximum atomic E-state index is 12.6. The highest BCUT2D eigenvalue weighted by Gasteiger charge is 2.31. The lowest BCUT2D eigenvalue weighted by Crippen LogP contribution is -2.27. The van der Waals surface area contributed by atoms with Crippen LogP contribution in [0.3, 0.4) is 0 Å². The van der Waals surface area contributed by atoms with Gasteiger partial charge in [0.05, 0.1) is 17.3 Å². The number of rotatable bonds is 7. The Bertz CT molecular complexity index is 759. The van der Waals surface area contributed by atoms with Crippen LogP contribution in [-0.2, 0) is 12.6 Å². The highest BCUT2D eigenvalue weighted by atomic mass is 35.5. The number of hydrogen-bond donors (Lipinski definition) is 1. The Labute approximate surface area is 158 Å². The van der Waals surface area contributed by atoms with E-state index in [2.05, 4.69) is 20.3 Å². The van der Waals surface area contributed by atoms with Crippen molar-refractivity contribution in [3.63, 3.8) is 0 Å². The summed E-state index contributed by atoms with van der Waals surface area (Å²) in [4.78, 5) is 11.8. The van der Waals surface area contributed by atoms with E-state index in [1.165, 1.54) is 6.33 Å². The Balaban J connectivity index is 2.05. The van der Waals surface area contributed by atoms with Crippen molar-refractivity contribution in [3.8, 4) is 5.88 Å². The van der Waals surface area contributed by atoms with E-state index in [0.29, 0.717) is 35.6 Å². The maximum absolute atomic E-state index is 12.6. The minimum absolute atomic E-state index is 0.0667. The number of pyridine rings is 1. The first-order valence-electron chi connectivity index (χ1n) is 7.87. The number of nitrogens with zero attached hydrogens (tertiary/aromatic N) is 3.